The Kier molecular flexibility index (Phi) is 6.67. The summed E-state index contributed by atoms with van der Waals surface area (Å²) in [6.45, 7) is 0. The zero-order valence-corrected chi connectivity index (χ0v) is 22.2. The molecule has 184 valence electrons. The number of aromatic nitrogens is 4. The van der Waals surface area contributed by atoms with Gasteiger partial charge in [-0.3, -0.25) is 0 Å². The van der Waals surface area contributed by atoms with Gasteiger partial charge in [-0.25, -0.2) is 0 Å². The molecule has 0 unspecified atom stereocenters. The Hall–Kier alpha value is -4.35. The molecular formula is C33H25BrN4. The molecule has 1 aromatic heterocycles. The van der Waals surface area contributed by atoms with Gasteiger partial charge < -0.3 is 0 Å². The van der Waals surface area contributed by atoms with Crippen LogP contribution in [0.4, 0.5) is 0 Å². The summed E-state index contributed by atoms with van der Waals surface area (Å²) in [5, 5.41) is 15.3. The fourth-order valence-electron chi connectivity index (χ4n) is 5.05. The van der Waals surface area contributed by atoms with E-state index in [1.807, 2.05) is 30.3 Å². The standard InChI is InChI=1S/C33H25BrN4/c34-24-25-20-22-26(23-21-25)30-18-10-11-19-31(30)32-35-37-38(36-32)33(27-12-4-1-5-13-27,28-14-6-2-7-15-28)29-16-8-3-9-17-29/h1-23H,24H2. The molecule has 0 aliphatic carbocycles. The number of benzene rings is 5. The molecular weight excluding hydrogens is 532 g/mol. The highest BCUT2D eigenvalue weighted by Crippen LogP contribution is 2.40. The number of alkyl halides is 1. The molecule has 4 nitrogen and oxygen atoms in total. The summed E-state index contributed by atoms with van der Waals surface area (Å²) in [5.41, 5.74) is 6.71. The average molecular weight is 557 g/mol. The smallest absolute Gasteiger partial charge is 0.144 e. The van der Waals surface area contributed by atoms with Crippen molar-refractivity contribution in [3.63, 3.8) is 0 Å². The Morgan fingerprint density at radius 2 is 1.03 bits per heavy atom. The predicted octanol–water partition coefficient (Wildman–Crippen LogP) is 7.74. The number of hydrogen-bond donors (Lipinski definition) is 0. The number of hydrogen-bond acceptors (Lipinski definition) is 3. The van der Waals surface area contributed by atoms with Crippen molar-refractivity contribution >= 4 is 15.9 Å². The molecule has 38 heavy (non-hydrogen) atoms. The van der Waals surface area contributed by atoms with Crippen LogP contribution >= 0.6 is 15.9 Å². The van der Waals surface area contributed by atoms with Crippen LogP contribution in [0.2, 0.25) is 0 Å². The zero-order valence-electron chi connectivity index (χ0n) is 20.7. The van der Waals surface area contributed by atoms with Crippen LogP contribution in [-0.4, -0.2) is 20.2 Å². The van der Waals surface area contributed by atoms with Gasteiger partial charge in [0.1, 0.15) is 0 Å². The second kappa shape index (κ2) is 10.6. The van der Waals surface area contributed by atoms with Crippen molar-refractivity contribution in [2.24, 2.45) is 0 Å². The molecule has 0 spiro atoms. The molecule has 1 heterocycles. The SMILES string of the molecule is BrCc1ccc(-c2ccccc2-c2nnn(C(c3ccccc3)(c3ccccc3)c3ccccc3)n2)cc1. The third kappa shape index (κ3) is 4.25. The van der Waals surface area contributed by atoms with Crippen LogP contribution in [0.1, 0.15) is 22.3 Å². The monoisotopic (exact) mass is 556 g/mol. The van der Waals surface area contributed by atoms with Crippen LogP contribution in [-0.2, 0) is 10.9 Å². The third-order valence-electron chi connectivity index (χ3n) is 6.88. The van der Waals surface area contributed by atoms with Crippen molar-refractivity contribution in [1.82, 2.24) is 20.2 Å². The average Bonchev–Trinajstić information content (AvgIpc) is 3.50. The lowest BCUT2D eigenvalue weighted by atomic mass is 9.77. The Bertz CT molecular complexity index is 1530. The van der Waals surface area contributed by atoms with Gasteiger partial charge in [0.05, 0.1) is 0 Å². The Labute approximate surface area is 230 Å². The molecule has 0 fully saturated rings. The van der Waals surface area contributed by atoms with Crippen LogP contribution < -0.4 is 0 Å². The van der Waals surface area contributed by atoms with Gasteiger partial charge in [0.15, 0.2) is 5.54 Å². The largest absolute Gasteiger partial charge is 0.205 e. The van der Waals surface area contributed by atoms with E-state index in [9.17, 15) is 0 Å². The summed E-state index contributed by atoms with van der Waals surface area (Å²) in [5.74, 6) is 0.581. The summed E-state index contributed by atoms with van der Waals surface area (Å²) in [6.07, 6.45) is 0. The molecule has 0 atom stereocenters. The van der Waals surface area contributed by atoms with Crippen molar-refractivity contribution in [3.8, 4) is 22.5 Å². The van der Waals surface area contributed by atoms with Crippen LogP contribution in [0.3, 0.4) is 0 Å². The lowest BCUT2D eigenvalue weighted by molar-refractivity contribution is 0.396. The molecule has 0 bridgehead atoms. The van der Waals surface area contributed by atoms with Crippen molar-refractivity contribution in [2.75, 3.05) is 0 Å². The van der Waals surface area contributed by atoms with E-state index in [2.05, 4.69) is 130 Å². The van der Waals surface area contributed by atoms with Gasteiger partial charge >= 0.3 is 0 Å². The molecule has 0 saturated carbocycles. The zero-order chi connectivity index (χ0) is 25.8. The Morgan fingerprint density at radius 1 is 0.553 bits per heavy atom. The quantitative estimate of drug-likeness (QED) is 0.149. The van der Waals surface area contributed by atoms with E-state index in [1.165, 1.54) is 5.56 Å². The van der Waals surface area contributed by atoms with Crippen molar-refractivity contribution in [1.29, 1.82) is 0 Å². The highest BCUT2D eigenvalue weighted by Gasteiger charge is 2.41. The Morgan fingerprint density at radius 3 is 1.53 bits per heavy atom. The van der Waals surface area contributed by atoms with Gasteiger partial charge in [-0.05, 0) is 38.6 Å². The van der Waals surface area contributed by atoms with E-state index in [4.69, 9.17) is 10.3 Å². The minimum absolute atomic E-state index is 0.581. The van der Waals surface area contributed by atoms with E-state index in [0.29, 0.717) is 5.82 Å². The summed E-state index contributed by atoms with van der Waals surface area (Å²) >= 11 is 3.54. The van der Waals surface area contributed by atoms with Crippen LogP contribution in [0.15, 0.2) is 140 Å². The second-order valence-electron chi connectivity index (χ2n) is 9.09. The fourth-order valence-corrected chi connectivity index (χ4v) is 5.43. The predicted molar refractivity (Wildman–Crippen MR) is 156 cm³/mol. The number of tetrazole rings is 1. The van der Waals surface area contributed by atoms with Crippen LogP contribution in [0.25, 0.3) is 22.5 Å². The van der Waals surface area contributed by atoms with Crippen molar-refractivity contribution in [2.45, 2.75) is 10.9 Å². The molecule has 5 aromatic carbocycles. The molecule has 6 aromatic rings. The summed E-state index contributed by atoms with van der Waals surface area (Å²) in [6, 6.07) is 48.0. The van der Waals surface area contributed by atoms with E-state index in [1.54, 1.807) is 4.80 Å². The van der Waals surface area contributed by atoms with Crippen molar-refractivity contribution < 1.29 is 0 Å². The minimum Gasteiger partial charge on any atom is -0.144 e. The van der Waals surface area contributed by atoms with Crippen LogP contribution in [0, 0.1) is 0 Å². The molecule has 0 amide bonds. The normalized spacial score (nSPS) is 11.4. The topological polar surface area (TPSA) is 43.6 Å². The van der Waals surface area contributed by atoms with Crippen molar-refractivity contribution in [3.05, 3.63) is 162 Å². The van der Waals surface area contributed by atoms with Gasteiger partial charge in [0.25, 0.3) is 0 Å². The third-order valence-corrected chi connectivity index (χ3v) is 7.52. The van der Waals surface area contributed by atoms with E-state index in [-0.39, 0.29) is 0 Å². The van der Waals surface area contributed by atoms with Gasteiger partial charge in [-0.15, -0.1) is 15.0 Å². The van der Waals surface area contributed by atoms with Gasteiger partial charge in [0.2, 0.25) is 5.82 Å². The maximum absolute atomic E-state index is 5.09. The minimum atomic E-state index is -0.804. The first-order valence-electron chi connectivity index (χ1n) is 12.5. The number of rotatable bonds is 7. The second-order valence-corrected chi connectivity index (χ2v) is 9.65. The lowest BCUT2D eigenvalue weighted by Gasteiger charge is -2.34. The van der Waals surface area contributed by atoms with Gasteiger partial charge in [-0.2, -0.15) is 0 Å². The number of nitrogens with zero attached hydrogens (tertiary/aromatic N) is 4. The number of halogens is 1. The van der Waals surface area contributed by atoms with E-state index in [0.717, 1.165) is 38.7 Å². The summed E-state index contributed by atoms with van der Waals surface area (Å²) in [7, 11) is 0. The van der Waals surface area contributed by atoms with Gasteiger partial charge in [-0.1, -0.05) is 155 Å². The Balaban J connectivity index is 1.57. The van der Waals surface area contributed by atoms with Gasteiger partial charge in [0, 0.05) is 10.9 Å². The summed E-state index contributed by atoms with van der Waals surface area (Å²) < 4.78 is 0. The fraction of sp³-hybridized carbons (Fsp3) is 0.0606. The molecule has 0 N–H and O–H groups in total. The maximum Gasteiger partial charge on any atom is 0.205 e. The molecule has 6 rings (SSSR count). The highest BCUT2D eigenvalue weighted by molar-refractivity contribution is 9.08. The summed E-state index contributed by atoms with van der Waals surface area (Å²) in [4.78, 5) is 1.77. The first-order chi connectivity index (χ1) is 18.8. The molecule has 0 aliphatic rings. The molecule has 5 heteroatoms. The lowest BCUT2D eigenvalue weighted by Crippen LogP contribution is -2.39. The first kappa shape index (κ1) is 24.0. The maximum atomic E-state index is 5.09. The molecule has 0 saturated heterocycles. The molecule has 0 aliphatic heterocycles. The van der Waals surface area contributed by atoms with E-state index < -0.39 is 5.54 Å². The first-order valence-corrected chi connectivity index (χ1v) is 13.6. The van der Waals surface area contributed by atoms with E-state index >= 15 is 0 Å². The highest BCUT2D eigenvalue weighted by atomic mass is 79.9. The molecule has 0 radical (unpaired) electrons. The van der Waals surface area contributed by atoms with Crippen LogP contribution in [0.5, 0.6) is 0 Å².